The zero-order chi connectivity index (χ0) is 20.4. The minimum Gasteiger partial charge on any atom is -0.350 e. The van der Waals surface area contributed by atoms with Crippen molar-refractivity contribution >= 4 is 34.7 Å². The van der Waals surface area contributed by atoms with E-state index in [0.717, 1.165) is 16.8 Å². The van der Waals surface area contributed by atoms with Crippen LogP contribution in [0, 0.1) is 6.92 Å². The van der Waals surface area contributed by atoms with Crippen molar-refractivity contribution in [3.05, 3.63) is 106 Å². The molecule has 3 aromatic carbocycles. The van der Waals surface area contributed by atoms with Crippen LogP contribution in [-0.2, 0) is 16.1 Å². The summed E-state index contributed by atoms with van der Waals surface area (Å²) in [5.74, 6) is -0.656. The van der Waals surface area contributed by atoms with Crippen molar-refractivity contribution < 1.29 is 9.59 Å². The predicted molar refractivity (Wildman–Crippen MR) is 115 cm³/mol. The normalized spacial score (nSPS) is 13.9. The third-order valence-electron chi connectivity index (χ3n) is 4.77. The maximum Gasteiger partial charge on any atom is 0.278 e. The molecule has 4 nitrogen and oxygen atoms in total. The Kier molecular flexibility index (Phi) is 5.19. The van der Waals surface area contributed by atoms with Crippen LogP contribution in [0.4, 0.5) is 5.69 Å². The average Bonchev–Trinajstić information content (AvgIpc) is 2.94. The third kappa shape index (κ3) is 3.93. The second-order valence-corrected chi connectivity index (χ2v) is 7.37. The minimum absolute atomic E-state index is 0.185. The van der Waals surface area contributed by atoms with Crippen molar-refractivity contribution in [1.29, 1.82) is 0 Å². The maximum atomic E-state index is 13.2. The Hall–Kier alpha value is -3.37. The van der Waals surface area contributed by atoms with Gasteiger partial charge in [-0.05, 0) is 47.9 Å². The molecule has 0 fully saturated rings. The third-order valence-corrected chi connectivity index (χ3v) is 5.02. The zero-order valence-electron chi connectivity index (χ0n) is 15.9. The highest BCUT2D eigenvalue weighted by Crippen LogP contribution is 2.31. The fourth-order valence-electron chi connectivity index (χ4n) is 3.35. The number of anilines is 1. The van der Waals surface area contributed by atoms with Gasteiger partial charge in [-0.15, -0.1) is 0 Å². The molecule has 2 amide bonds. The Labute approximate surface area is 174 Å². The molecule has 0 unspecified atom stereocenters. The number of nitrogens with zero attached hydrogens (tertiary/aromatic N) is 1. The molecule has 0 saturated carbocycles. The number of carbonyl (C=O) groups excluding carboxylic acids is 2. The van der Waals surface area contributed by atoms with Crippen LogP contribution in [0.15, 0.2) is 84.6 Å². The van der Waals surface area contributed by atoms with E-state index in [9.17, 15) is 9.59 Å². The van der Waals surface area contributed by atoms with Crippen LogP contribution in [0.3, 0.4) is 0 Å². The van der Waals surface area contributed by atoms with E-state index in [-0.39, 0.29) is 18.4 Å². The summed E-state index contributed by atoms with van der Waals surface area (Å²) in [5, 5.41) is 3.79. The van der Waals surface area contributed by atoms with E-state index in [4.69, 9.17) is 11.6 Å². The molecule has 1 heterocycles. The number of hydrogen-bond donors (Lipinski definition) is 1. The Morgan fingerprint density at radius 3 is 2.28 bits per heavy atom. The van der Waals surface area contributed by atoms with Gasteiger partial charge >= 0.3 is 0 Å². The number of benzene rings is 3. The molecule has 29 heavy (non-hydrogen) atoms. The van der Waals surface area contributed by atoms with Crippen LogP contribution in [0.5, 0.6) is 0 Å². The largest absolute Gasteiger partial charge is 0.350 e. The van der Waals surface area contributed by atoms with Crippen LogP contribution in [0.25, 0.3) is 5.57 Å². The van der Waals surface area contributed by atoms with Crippen molar-refractivity contribution in [1.82, 2.24) is 4.90 Å². The minimum atomic E-state index is -0.342. The summed E-state index contributed by atoms with van der Waals surface area (Å²) >= 11 is 5.95. The van der Waals surface area contributed by atoms with Crippen LogP contribution in [-0.4, -0.2) is 16.7 Å². The molecule has 144 valence electrons. The second kappa shape index (κ2) is 7.94. The summed E-state index contributed by atoms with van der Waals surface area (Å²) in [6, 6.07) is 24.1. The summed E-state index contributed by atoms with van der Waals surface area (Å²) in [4.78, 5) is 27.7. The topological polar surface area (TPSA) is 49.4 Å². The Morgan fingerprint density at radius 1 is 0.862 bits per heavy atom. The van der Waals surface area contributed by atoms with Crippen molar-refractivity contribution in [2.24, 2.45) is 0 Å². The quantitative estimate of drug-likeness (QED) is 0.608. The summed E-state index contributed by atoms with van der Waals surface area (Å²) in [7, 11) is 0. The van der Waals surface area contributed by atoms with Crippen molar-refractivity contribution in [2.45, 2.75) is 13.5 Å². The average molecular weight is 403 g/mol. The predicted octanol–water partition coefficient (Wildman–Crippen LogP) is 5.04. The summed E-state index contributed by atoms with van der Waals surface area (Å²) < 4.78 is 0. The molecule has 1 N–H and O–H groups in total. The van der Waals surface area contributed by atoms with Gasteiger partial charge in [0.2, 0.25) is 0 Å². The van der Waals surface area contributed by atoms with Crippen LogP contribution >= 0.6 is 11.6 Å². The lowest BCUT2D eigenvalue weighted by atomic mass is 10.0. The van der Waals surface area contributed by atoms with Crippen molar-refractivity contribution in [3.8, 4) is 0 Å². The summed E-state index contributed by atoms with van der Waals surface area (Å²) in [6.45, 7) is 2.16. The van der Waals surface area contributed by atoms with E-state index in [1.54, 1.807) is 12.1 Å². The smallest absolute Gasteiger partial charge is 0.278 e. The fourth-order valence-corrected chi connectivity index (χ4v) is 3.47. The molecule has 1 aliphatic heterocycles. The molecule has 4 rings (SSSR count). The Morgan fingerprint density at radius 2 is 1.59 bits per heavy atom. The second-order valence-electron chi connectivity index (χ2n) is 6.93. The van der Waals surface area contributed by atoms with Gasteiger partial charge in [0, 0.05) is 10.7 Å². The highest BCUT2D eigenvalue weighted by atomic mass is 35.5. The molecule has 0 aromatic heterocycles. The lowest BCUT2D eigenvalue weighted by Crippen LogP contribution is -2.32. The molecule has 5 heteroatoms. The number of aryl methyl sites for hydroxylation is 1. The molecule has 0 saturated heterocycles. The standard InChI is InChI=1S/C24H19ClN2O2/c1-16-6-5-9-20(14-16)26-22-21(18-7-3-2-4-8-18)23(28)27(24(22)29)15-17-10-12-19(25)13-11-17/h2-14,26H,15H2,1H3. The molecule has 0 atom stereocenters. The first kappa shape index (κ1) is 19.0. The number of hydrogen-bond acceptors (Lipinski definition) is 3. The zero-order valence-corrected chi connectivity index (χ0v) is 16.6. The van der Waals surface area contributed by atoms with E-state index in [0.29, 0.717) is 21.9 Å². The summed E-state index contributed by atoms with van der Waals surface area (Å²) in [6.07, 6.45) is 0. The highest BCUT2D eigenvalue weighted by molar-refractivity contribution is 6.36. The molecule has 0 bridgehead atoms. The first-order chi connectivity index (χ1) is 14.0. The van der Waals surface area contributed by atoms with Gasteiger partial charge in [-0.2, -0.15) is 0 Å². The molecule has 0 aliphatic carbocycles. The summed E-state index contributed by atoms with van der Waals surface area (Å²) in [5.41, 5.74) is 4.04. The number of imide groups is 1. The van der Waals surface area contributed by atoms with Gasteiger partial charge in [-0.3, -0.25) is 14.5 Å². The first-order valence-electron chi connectivity index (χ1n) is 9.27. The molecular weight excluding hydrogens is 384 g/mol. The molecular formula is C24H19ClN2O2. The monoisotopic (exact) mass is 402 g/mol. The van der Waals surface area contributed by atoms with Crippen LogP contribution in [0.1, 0.15) is 16.7 Å². The van der Waals surface area contributed by atoms with Gasteiger partial charge in [-0.1, -0.05) is 66.2 Å². The van der Waals surface area contributed by atoms with Crippen molar-refractivity contribution in [3.63, 3.8) is 0 Å². The molecule has 3 aromatic rings. The number of carbonyl (C=O) groups is 2. The van der Waals surface area contributed by atoms with Gasteiger partial charge in [0.05, 0.1) is 12.1 Å². The van der Waals surface area contributed by atoms with Gasteiger partial charge in [0.1, 0.15) is 5.70 Å². The maximum absolute atomic E-state index is 13.2. The lowest BCUT2D eigenvalue weighted by molar-refractivity contribution is -0.137. The van der Waals surface area contributed by atoms with Crippen LogP contribution < -0.4 is 5.32 Å². The van der Waals surface area contributed by atoms with Gasteiger partial charge in [0.15, 0.2) is 0 Å². The van der Waals surface area contributed by atoms with Crippen LogP contribution in [0.2, 0.25) is 5.02 Å². The van der Waals surface area contributed by atoms with E-state index >= 15 is 0 Å². The number of amides is 2. The molecule has 0 radical (unpaired) electrons. The number of halogens is 1. The van der Waals surface area contributed by atoms with Gasteiger partial charge in [-0.25, -0.2) is 0 Å². The SMILES string of the molecule is Cc1cccc(NC2=C(c3ccccc3)C(=O)N(Cc3ccc(Cl)cc3)C2=O)c1. The number of nitrogens with one attached hydrogen (secondary N) is 1. The van der Waals surface area contributed by atoms with Gasteiger partial charge < -0.3 is 5.32 Å². The molecule has 1 aliphatic rings. The van der Waals surface area contributed by atoms with E-state index < -0.39 is 0 Å². The lowest BCUT2D eigenvalue weighted by Gasteiger charge is -2.15. The van der Waals surface area contributed by atoms with Gasteiger partial charge in [0.25, 0.3) is 11.8 Å². The molecule has 0 spiro atoms. The first-order valence-corrected chi connectivity index (χ1v) is 9.65. The van der Waals surface area contributed by atoms with Crippen molar-refractivity contribution in [2.75, 3.05) is 5.32 Å². The van der Waals surface area contributed by atoms with E-state index in [1.807, 2.05) is 73.7 Å². The Balaban J connectivity index is 1.72. The highest BCUT2D eigenvalue weighted by Gasteiger charge is 2.39. The van der Waals surface area contributed by atoms with E-state index in [1.165, 1.54) is 4.90 Å². The Bertz CT molecular complexity index is 1110. The van der Waals surface area contributed by atoms with E-state index in [2.05, 4.69) is 5.32 Å². The fraction of sp³-hybridized carbons (Fsp3) is 0.0833. The number of rotatable bonds is 5.